The average Bonchev–Trinajstić information content (AvgIpc) is 2.28. The third-order valence-electron chi connectivity index (χ3n) is 2.81. The topological polar surface area (TPSA) is 79.3 Å². The maximum Gasteiger partial charge on any atom is 0.242 e. The van der Waals surface area contributed by atoms with E-state index >= 15 is 0 Å². The van der Waals surface area contributed by atoms with E-state index in [4.69, 9.17) is 0 Å². The quantitative estimate of drug-likeness (QED) is 0.817. The zero-order valence-corrected chi connectivity index (χ0v) is 11.0. The second-order valence-corrected chi connectivity index (χ2v) is 6.29. The lowest BCUT2D eigenvalue weighted by molar-refractivity contribution is 0.0190. The van der Waals surface area contributed by atoms with Gasteiger partial charge < -0.3 is 5.11 Å². The van der Waals surface area contributed by atoms with Crippen LogP contribution in [0, 0.1) is 5.92 Å². The predicted octanol–water partition coefficient (Wildman–Crippen LogP) is 0.767. The molecule has 17 heavy (non-hydrogen) atoms. The van der Waals surface area contributed by atoms with E-state index in [1.807, 2.05) is 13.8 Å². The van der Waals surface area contributed by atoms with Crippen molar-refractivity contribution in [2.45, 2.75) is 31.3 Å². The van der Waals surface area contributed by atoms with Crippen molar-refractivity contribution in [2.24, 2.45) is 5.92 Å². The lowest BCUT2D eigenvalue weighted by Gasteiger charge is -2.27. The summed E-state index contributed by atoms with van der Waals surface area (Å²) in [6.45, 7) is 5.24. The van der Waals surface area contributed by atoms with Crippen LogP contribution < -0.4 is 4.72 Å². The number of sulfonamides is 1. The van der Waals surface area contributed by atoms with E-state index in [9.17, 15) is 13.5 Å². The highest BCUT2D eigenvalue weighted by Crippen LogP contribution is 2.16. The second-order valence-electron chi connectivity index (χ2n) is 4.53. The van der Waals surface area contributed by atoms with Crippen LogP contribution in [0.2, 0.25) is 0 Å². The summed E-state index contributed by atoms with van der Waals surface area (Å²) in [6, 6.07) is 3.01. The number of aromatic nitrogens is 1. The summed E-state index contributed by atoms with van der Waals surface area (Å²) >= 11 is 0. The molecule has 0 spiro atoms. The first-order valence-corrected chi connectivity index (χ1v) is 6.86. The zero-order valence-electron chi connectivity index (χ0n) is 10.2. The van der Waals surface area contributed by atoms with Crippen LogP contribution in [0.4, 0.5) is 0 Å². The maximum atomic E-state index is 11.8. The van der Waals surface area contributed by atoms with Crippen molar-refractivity contribution in [2.75, 3.05) is 6.54 Å². The number of hydrogen-bond acceptors (Lipinski definition) is 4. The number of nitrogens with zero attached hydrogens (tertiary/aromatic N) is 1. The number of aliphatic hydroxyl groups is 1. The molecule has 5 nitrogen and oxygen atoms in total. The number of hydrogen-bond donors (Lipinski definition) is 2. The molecule has 0 bridgehead atoms. The van der Waals surface area contributed by atoms with Gasteiger partial charge in [0.1, 0.15) is 4.90 Å². The van der Waals surface area contributed by atoms with E-state index in [0.717, 1.165) is 0 Å². The van der Waals surface area contributed by atoms with Gasteiger partial charge in [0.15, 0.2) is 0 Å². The highest BCUT2D eigenvalue weighted by Gasteiger charge is 2.27. The molecule has 0 fully saturated rings. The van der Waals surface area contributed by atoms with Gasteiger partial charge in [-0.25, -0.2) is 13.1 Å². The van der Waals surface area contributed by atoms with Crippen molar-refractivity contribution in [1.82, 2.24) is 9.71 Å². The fourth-order valence-corrected chi connectivity index (χ4v) is 2.14. The van der Waals surface area contributed by atoms with Gasteiger partial charge in [0.05, 0.1) is 5.60 Å². The van der Waals surface area contributed by atoms with E-state index in [1.165, 1.54) is 18.5 Å². The minimum Gasteiger partial charge on any atom is -0.389 e. The van der Waals surface area contributed by atoms with Crippen LogP contribution in [-0.4, -0.2) is 30.7 Å². The Hall–Kier alpha value is -0.980. The van der Waals surface area contributed by atoms with Gasteiger partial charge in [-0.15, -0.1) is 0 Å². The molecule has 0 aliphatic heterocycles. The SMILES string of the molecule is CC(C)C(C)(O)CNS(=O)(=O)c1cccnc1. The molecule has 0 aliphatic carbocycles. The summed E-state index contributed by atoms with van der Waals surface area (Å²) in [5.41, 5.74) is -1.07. The van der Waals surface area contributed by atoms with Crippen molar-refractivity contribution >= 4 is 10.0 Å². The Bertz CT molecular complexity index is 455. The normalized spacial score (nSPS) is 15.8. The zero-order chi connectivity index (χ0) is 13.1. The Labute approximate surface area is 102 Å². The molecule has 0 aliphatic rings. The van der Waals surface area contributed by atoms with Crippen LogP contribution in [0.1, 0.15) is 20.8 Å². The largest absolute Gasteiger partial charge is 0.389 e. The lowest BCUT2D eigenvalue weighted by atomic mass is 9.93. The number of nitrogens with one attached hydrogen (secondary N) is 1. The minimum atomic E-state index is -3.60. The Balaban J connectivity index is 2.77. The van der Waals surface area contributed by atoms with Gasteiger partial charge >= 0.3 is 0 Å². The van der Waals surface area contributed by atoms with E-state index in [2.05, 4.69) is 9.71 Å². The fourth-order valence-electron chi connectivity index (χ4n) is 1.03. The number of rotatable bonds is 5. The molecule has 1 heterocycles. The Kier molecular flexibility index (Phi) is 4.24. The van der Waals surface area contributed by atoms with Gasteiger partial charge in [0.25, 0.3) is 0 Å². The maximum absolute atomic E-state index is 11.8. The molecule has 1 aromatic rings. The van der Waals surface area contributed by atoms with Gasteiger partial charge in [0, 0.05) is 18.9 Å². The summed E-state index contributed by atoms with van der Waals surface area (Å²) in [5.74, 6) is -0.0425. The molecule has 0 amide bonds. The molecular formula is C11H18N2O3S. The van der Waals surface area contributed by atoms with Crippen LogP contribution in [0.3, 0.4) is 0 Å². The number of pyridine rings is 1. The molecular weight excluding hydrogens is 240 g/mol. The van der Waals surface area contributed by atoms with Gasteiger partial charge in [-0.2, -0.15) is 0 Å². The van der Waals surface area contributed by atoms with Crippen molar-refractivity contribution in [1.29, 1.82) is 0 Å². The summed E-state index contributed by atoms with van der Waals surface area (Å²) in [6.07, 6.45) is 2.77. The Morgan fingerprint density at radius 2 is 2.18 bits per heavy atom. The van der Waals surface area contributed by atoms with E-state index in [1.54, 1.807) is 13.0 Å². The molecule has 0 radical (unpaired) electrons. The van der Waals surface area contributed by atoms with Crippen molar-refractivity contribution in [3.05, 3.63) is 24.5 Å². The summed E-state index contributed by atoms with van der Waals surface area (Å²) in [4.78, 5) is 3.85. The smallest absolute Gasteiger partial charge is 0.242 e. The monoisotopic (exact) mass is 258 g/mol. The van der Waals surface area contributed by atoms with Crippen LogP contribution in [-0.2, 0) is 10.0 Å². The molecule has 0 saturated heterocycles. The van der Waals surface area contributed by atoms with Gasteiger partial charge in [0.2, 0.25) is 10.0 Å². The predicted molar refractivity (Wildman–Crippen MR) is 64.9 cm³/mol. The Morgan fingerprint density at radius 3 is 2.65 bits per heavy atom. The van der Waals surface area contributed by atoms with Gasteiger partial charge in [-0.1, -0.05) is 13.8 Å². The molecule has 2 N–H and O–H groups in total. The summed E-state index contributed by atoms with van der Waals surface area (Å²) in [7, 11) is -3.60. The van der Waals surface area contributed by atoms with Crippen molar-refractivity contribution in [3.63, 3.8) is 0 Å². The van der Waals surface area contributed by atoms with Crippen molar-refractivity contribution in [3.8, 4) is 0 Å². The standard InChI is InChI=1S/C11H18N2O3S/c1-9(2)11(3,14)8-13-17(15,16)10-5-4-6-12-7-10/h4-7,9,13-14H,8H2,1-3H3. The fraction of sp³-hybridized carbons (Fsp3) is 0.545. The van der Waals surface area contributed by atoms with Crippen molar-refractivity contribution < 1.29 is 13.5 Å². The van der Waals surface area contributed by atoms with Crippen LogP contribution in [0.25, 0.3) is 0 Å². The molecule has 96 valence electrons. The molecule has 1 atom stereocenters. The van der Waals surface area contributed by atoms with E-state index < -0.39 is 15.6 Å². The van der Waals surface area contributed by atoms with Gasteiger partial charge in [-0.05, 0) is 25.0 Å². The first kappa shape index (κ1) is 14.1. The summed E-state index contributed by atoms with van der Waals surface area (Å²) < 4.78 is 26.1. The lowest BCUT2D eigenvalue weighted by Crippen LogP contribution is -2.44. The first-order chi connectivity index (χ1) is 7.76. The minimum absolute atomic E-state index is 0.0259. The third-order valence-corrected chi connectivity index (χ3v) is 4.20. The third kappa shape index (κ3) is 3.76. The molecule has 6 heteroatoms. The second kappa shape index (κ2) is 5.12. The highest BCUT2D eigenvalue weighted by molar-refractivity contribution is 7.89. The Morgan fingerprint density at radius 1 is 1.53 bits per heavy atom. The molecule has 1 unspecified atom stereocenters. The molecule has 0 saturated carbocycles. The average molecular weight is 258 g/mol. The molecule has 1 aromatic heterocycles. The first-order valence-electron chi connectivity index (χ1n) is 5.38. The van der Waals surface area contributed by atoms with Crippen LogP contribution in [0.15, 0.2) is 29.4 Å². The van der Waals surface area contributed by atoms with Crippen LogP contribution in [0.5, 0.6) is 0 Å². The molecule has 0 aromatic carbocycles. The summed E-state index contributed by atoms with van der Waals surface area (Å²) in [5, 5.41) is 9.96. The van der Waals surface area contributed by atoms with Crippen LogP contribution >= 0.6 is 0 Å². The highest BCUT2D eigenvalue weighted by atomic mass is 32.2. The van der Waals surface area contributed by atoms with E-state index in [-0.39, 0.29) is 17.4 Å². The van der Waals surface area contributed by atoms with Gasteiger partial charge in [-0.3, -0.25) is 4.98 Å². The van der Waals surface area contributed by atoms with E-state index in [0.29, 0.717) is 0 Å². The molecule has 1 rings (SSSR count).